The van der Waals surface area contributed by atoms with E-state index in [-0.39, 0.29) is 5.91 Å². The van der Waals surface area contributed by atoms with E-state index in [0.29, 0.717) is 22.0 Å². The van der Waals surface area contributed by atoms with Gasteiger partial charge in [-0.25, -0.2) is 4.79 Å². The average molecular weight is 394 g/mol. The summed E-state index contributed by atoms with van der Waals surface area (Å²) in [7, 11) is 0. The number of carbonyl (C=O) groups excluding carboxylic acids is 2. The van der Waals surface area contributed by atoms with Gasteiger partial charge < -0.3 is 16.0 Å². The molecule has 0 spiro atoms. The zero-order valence-electron chi connectivity index (χ0n) is 15.3. The first kappa shape index (κ1) is 19.5. The number of aryl methyl sites for hydroxylation is 1. The summed E-state index contributed by atoms with van der Waals surface area (Å²) < 4.78 is 0. The van der Waals surface area contributed by atoms with Crippen LogP contribution in [0.15, 0.2) is 78.9 Å². The number of para-hydroxylation sites is 1. The second-order valence-electron chi connectivity index (χ2n) is 6.26. The van der Waals surface area contributed by atoms with Crippen LogP contribution in [0.1, 0.15) is 17.2 Å². The van der Waals surface area contributed by atoms with Gasteiger partial charge in [0, 0.05) is 16.4 Å². The van der Waals surface area contributed by atoms with Crippen LogP contribution in [0.4, 0.5) is 16.2 Å². The maximum Gasteiger partial charge on any atom is 0.320 e. The zero-order valence-corrected chi connectivity index (χ0v) is 16.0. The molecule has 3 amide bonds. The summed E-state index contributed by atoms with van der Waals surface area (Å²) in [6.07, 6.45) is 0. The van der Waals surface area contributed by atoms with Gasteiger partial charge in [-0.1, -0.05) is 66.2 Å². The molecule has 3 aromatic carbocycles. The Hall–Kier alpha value is -3.31. The molecule has 1 atom stereocenters. The maximum absolute atomic E-state index is 12.9. The Morgan fingerprint density at radius 1 is 0.857 bits per heavy atom. The summed E-state index contributed by atoms with van der Waals surface area (Å²) in [5.41, 5.74) is 2.85. The lowest BCUT2D eigenvalue weighted by atomic mass is 10.1. The number of rotatable bonds is 5. The zero-order chi connectivity index (χ0) is 19.9. The molecule has 0 heterocycles. The fraction of sp³-hybridized carbons (Fsp3) is 0.0909. The predicted molar refractivity (Wildman–Crippen MR) is 113 cm³/mol. The quantitative estimate of drug-likeness (QED) is 0.561. The first-order valence-electron chi connectivity index (χ1n) is 8.77. The molecule has 0 aliphatic rings. The van der Waals surface area contributed by atoms with Crippen LogP contribution in [0.25, 0.3) is 0 Å². The summed E-state index contributed by atoms with van der Waals surface area (Å²) in [6.45, 7) is 1.91. The summed E-state index contributed by atoms with van der Waals surface area (Å²) in [5.74, 6) is -0.332. The van der Waals surface area contributed by atoms with Gasteiger partial charge in [0.15, 0.2) is 0 Å². The molecule has 0 fully saturated rings. The molecule has 3 N–H and O–H groups in total. The molecule has 0 radical (unpaired) electrons. The van der Waals surface area contributed by atoms with Crippen molar-refractivity contribution in [3.8, 4) is 0 Å². The van der Waals surface area contributed by atoms with E-state index < -0.39 is 12.1 Å². The number of anilines is 2. The minimum atomic E-state index is -0.861. The number of carbonyl (C=O) groups is 2. The first-order valence-corrected chi connectivity index (χ1v) is 9.15. The van der Waals surface area contributed by atoms with Crippen LogP contribution in [0.3, 0.4) is 0 Å². The third-order valence-corrected chi connectivity index (χ3v) is 4.39. The SMILES string of the molecule is Cc1ccccc1NC(=O)[C@H](NC(=O)Nc1cccc(Cl)c1)c1ccccc1. The van der Waals surface area contributed by atoms with Crippen molar-refractivity contribution in [3.63, 3.8) is 0 Å². The number of halogens is 1. The standard InChI is InChI=1S/C22H20ClN3O2/c1-15-8-5-6-13-19(15)25-21(27)20(16-9-3-2-4-10-16)26-22(28)24-18-12-7-11-17(23)14-18/h2-14,20H,1H3,(H,25,27)(H2,24,26,28)/t20-/m1/s1. The number of amides is 3. The molecule has 5 nitrogen and oxygen atoms in total. The third kappa shape index (κ3) is 5.11. The summed E-state index contributed by atoms with van der Waals surface area (Å²) in [4.78, 5) is 25.4. The molecule has 0 aliphatic carbocycles. The molecule has 142 valence electrons. The van der Waals surface area contributed by atoms with E-state index in [1.807, 2.05) is 49.4 Å². The second-order valence-corrected chi connectivity index (χ2v) is 6.69. The third-order valence-electron chi connectivity index (χ3n) is 4.16. The molecule has 3 aromatic rings. The van der Waals surface area contributed by atoms with E-state index in [9.17, 15) is 9.59 Å². The van der Waals surface area contributed by atoms with E-state index in [1.54, 1.807) is 36.4 Å². The van der Waals surface area contributed by atoms with Crippen molar-refractivity contribution >= 4 is 34.9 Å². The average Bonchev–Trinajstić information content (AvgIpc) is 2.68. The Morgan fingerprint density at radius 2 is 1.57 bits per heavy atom. The van der Waals surface area contributed by atoms with Gasteiger partial charge in [-0.2, -0.15) is 0 Å². The first-order chi connectivity index (χ1) is 13.5. The molecule has 0 bridgehead atoms. The Bertz CT molecular complexity index is 976. The Morgan fingerprint density at radius 3 is 2.29 bits per heavy atom. The summed E-state index contributed by atoms with van der Waals surface area (Å²) in [5, 5.41) is 8.83. The van der Waals surface area contributed by atoms with Crippen molar-refractivity contribution in [1.29, 1.82) is 0 Å². The van der Waals surface area contributed by atoms with Crippen molar-refractivity contribution in [2.45, 2.75) is 13.0 Å². The molecule has 3 rings (SSSR count). The minimum absolute atomic E-state index is 0.332. The van der Waals surface area contributed by atoms with Crippen LogP contribution in [-0.4, -0.2) is 11.9 Å². The molecule has 28 heavy (non-hydrogen) atoms. The minimum Gasteiger partial charge on any atom is -0.324 e. The lowest BCUT2D eigenvalue weighted by Crippen LogP contribution is -2.39. The van der Waals surface area contributed by atoms with Crippen LogP contribution in [0.5, 0.6) is 0 Å². The van der Waals surface area contributed by atoms with E-state index in [4.69, 9.17) is 11.6 Å². The highest BCUT2D eigenvalue weighted by atomic mass is 35.5. The van der Waals surface area contributed by atoms with Gasteiger partial charge in [0.2, 0.25) is 0 Å². The Kier molecular flexibility index (Phi) is 6.29. The van der Waals surface area contributed by atoms with Gasteiger partial charge >= 0.3 is 6.03 Å². The molecule has 0 aliphatic heterocycles. The highest BCUT2D eigenvalue weighted by Crippen LogP contribution is 2.19. The van der Waals surface area contributed by atoms with Gasteiger partial charge in [-0.3, -0.25) is 4.79 Å². The molecule has 0 saturated carbocycles. The number of urea groups is 1. The van der Waals surface area contributed by atoms with Crippen molar-refractivity contribution in [2.24, 2.45) is 0 Å². The van der Waals surface area contributed by atoms with E-state index in [1.165, 1.54) is 0 Å². The number of nitrogens with one attached hydrogen (secondary N) is 3. The fourth-order valence-corrected chi connectivity index (χ4v) is 2.92. The van der Waals surface area contributed by atoms with Gasteiger partial charge in [-0.05, 0) is 42.3 Å². The molecule has 6 heteroatoms. The van der Waals surface area contributed by atoms with E-state index in [0.717, 1.165) is 5.56 Å². The number of hydrogen-bond donors (Lipinski definition) is 3. The number of hydrogen-bond acceptors (Lipinski definition) is 2. The fourth-order valence-electron chi connectivity index (χ4n) is 2.73. The Labute approximate surface area is 168 Å². The smallest absolute Gasteiger partial charge is 0.320 e. The van der Waals surface area contributed by atoms with Crippen molar-refractivity contribution in [2.75, 3.05) is 10.6 Å². The van der Waals surface area contributed by atoms with Crippen molar-refractivity contribution < 1.29 is 9.59 Å². The van der Waals surface area contributed by atoms with Crippen molar-refractivity contribution in [3.05, 3.63) is 95.0 Å². The largest absolute Gasteiger partial charge is 0.324 e. The van der Waals surface area contributed by atoms with Crippen LogP contribution < -0.4 is 16.0 Å². The van der Waals surface area contributed by atoms with E-state index >= 15 is 0 Å². The summed E-state index contributed by atoms with van der Waals surface area (Å²) >= 11 is 5.95. The molecule has 0 unspecified atom stereocenters. The van der Waals surface area contributed by atoms with E-state index in [2.05, 4.69) is 16.0 Å². The van der Waals surface area contributed by atoms with Crippen LogP contribution in [0.2, 0.25) is 5.02 Å². The molecular weight excluding hydrogens is 374 g/mol. The molecular formula is C22H20ClN3O2. The maximum atomic E-state index is 12.9. The summed E-state index contributed by atoms with van der Waals surface area (Å²) in [6, 6.07) is 22.0. The predicted octanol–water partition coefficient (Wildman–Crippen LogP) is 5.15. The highest BCUT2D eigenvalue weighted by Gasteiger charge is 2.23. The highest BCUT2D eigenvalue weighted by molar-refractivity contribution is 6.30. The normalized spacial score (nSPS) is 11.4. The lowest BCUT2D eigenvalue weighted by molar-refractivity contribution is -0.118. The lowest BCUT2D eigenvalue weighted by Gasteiger charge is -2.20. The van der Waals surface area contributed by atoms with Crippen LogP contribution in [0, 0.1) is 6.92 Å². The van der Waals surface area contributed by atoms with Gasteiger partial charge in [-0.15, -0.1) is 0 Å². The second kappa shape index (κ2) is 9.06. The van der Waals surface area contributed by atoms with Gasteiger partial charge in [0.1, 0.15) is 6.04 Å². The van der Waals surface area contributed by atoms with Crippen LogP contribution in [-0.2, 0) is 4.79 Å². The van der Waals surface area contributed by atoms with Crippen LogP contribution >= 0.6 is 11.6 Å². The van der Waals surface area contributed by atoms with Crippen molar-refractivity contribution in [1.82, 2.24) is 5.32 Å². The molecule has 0 aromatic heterocycles. The van der Waals surface area contributed by atoms with Gasteiger partial charge in [0.25, 0.3) is 5.91 Å². The number of benzene rings is 3. The topological polar surface area (TPSA) is 70.2 Å². The monoisotopic (exact) mass is 393 g/mol. The Balaban J connectivity index is 1.78. The molecule has 0 saturated heterocycles. The van der Waals surface area contributed by atoms with Gasteiger partial charge in [0.05, 0.1) is 0 Å².